The Labute approximate surface area is 66.2 Å². The first kappa shape index (κ1) is 6.77. The first-order valence-electron chi connectivity index (χ1n) is 3.22. The SMILES string of the molecule is O=[Se]1(=O)C=Cc2ccccc21. The van der Waals surface area contributed by atoms with Gasteiger partial charge in [-0.25, -0.2) is 0 Å². The third-order valence-corrected chi connectivity index (χ3v) is 4.76. The summed E-state index contributed by atoms with van der Waals surface area (Å²) in [7, 11) is 0. The maximum absolute atomic E-state index is 11.2. The quantitative estimate of drug-likeness (QED) is 0.596. The van der Waals surface area contributed by atoms with Gasteiger partial charge in [-0.3, -0.25) is 0 Å². The van der Waals surface area contributed by atoms with E-state index in [-0.39, 0.29) is 0 Å². The van der Waals surface area contributed by atoms with Crippen LogP contribution in [0.5, 0.6) is 0 Å². The summed E-state index contributed by atoms with van der Waals surface area (Å²) in [6.07, 6.45) is 1.65. The van der Waals surface area contributed by atoms with Gasteiger partial charge in [-0.2, -0.15) is 0 Å². The van der Waals surface area contributed by atoms with Gasteiger partial charge >= 0.3 is 65.7 Å². The average molecular weight is 213 g/mol. The molecule has 0 saturated carbocycles. The summed E-state index contributed by atoms with van der Waals surface area (Å²) in [5.74, 6) is 0. The van der Waals surface area contributed by atoms with E-state index in [9.17, 15) is 7.67 Å². The standard InChI is InChI=1S/C8H6O2Se/c9-11(10)6-5-7-3-1-2-4-8(7)11/h1-6H. The molecule has 0 fully saturated rings. The van der Waals surface area contributed by atoms with Crippen LogP contribution in [0.4, 0.5) is 0 Å². The summed E-state index contributed by atoms with van der Waals surface area (Å²) in [5.41, 5.74) is 0.817. The molecule has 1 aliphatic rings. The van der Waals surface area contributed by atoms with Crippen LogP contribution in [0.15, 0.2) is 29.2 Å². The first-order valence-corrected chi connectivity index (χ1v) is 6.47. The van der Waals surface area contributed by atoms with Gasteiger partial charge in [-0.1, -0.05) is 0 Å². The van der Waals surface area contributed by atoms with Gasteiger partial charge in [0.25, 0.3) is 0 Å². The summed E-state index contributed by atoms with van der Waals surface area (Å²) < 4.78 is 23.0. The van der Waals surface area contributed by atoms with Gasteiger partial charge in [0, 0.05) is 0 Å². The third-order valence-electron chi connectivity index (χ3n) is 1.65. The Morgan fingerprint density at radius 2 is 1.82 bits per heavy atom. The molecule has 0 radical (unpaired) electrons. The molecule has 56 valence electrons. The van der Waals surface area contributed by atoms with Gasteiger partial charge in [0.2, 0.25) is 0 Å². The van der Waals surface area contributed by atoms with Crippen LogP contribution < -0.4 is 4.46 Å². The van der Waals surface area contributed by atoms with Crippen LogP contribution in [0.1, 0.15) is 5.56 Å². The zero-order valence-electron chi connectivity index (χ0n) is 5.69. The van der Waals surface area contributed by atoms with Gasteiger partial charge in [0.1, 0.15) is 0 Å². The second kappa shape index (κ2) is 2.03. The number of rotatable bonds is 0. The van der Waals surface area contributed by atoms with Crippen molar-refractivity contribution in [3.63, 3.8) is 0 Å². The molecule has 0 unspecified atom stereocenters. The van der Waals surface area contributed by atoms with E-state index >= 15 is 0 Å². The third kappa shape index (κ3) is 0.933. The van der Waals surface area contributed by atoms with Crippen molar-refractivity contribution in [3.05, 3.63) is 34.8 Å². The van der Waals surface area contributed by atoms with Crippen LogP contribution in [0, 0.1) is 0 Å². The molecule has 0 atom stereocenters. The van der Waals surface area contributed by atoms with Crippen molar-refractivity contribution >= 4 is 23.2 Å². The minimum atomic E-state index is -3.81. The topological polar surface area (TPSA) is 34.1 Å². The number of benzene rings is 1. The van der Waals surface area contributed by atoms with E-state index in [0.717, 1.165) is 5.56 Å². The summed E-state index contributed by atoms with van der Waals surface area (Å²) in [6.45, 7) is 0. The van der Waals surface area contributed by atoms with Crippen LogP contribution in [0.3, 0.4) is 0 Å². The second-order valence-electron chi connectivity index (χ2n) is 2.39. The van der Waals surface area contributed by atoms with Crippen molar-refractivity contribution in [2.24, 2.45) is 0 Å². The van der Waals surface area contributed by atoms with Crippen molar-refractivity contribution in [3.8, 4) is 0 Å². The zero-order valence-corrected chi connectivity index (χ0v) is 7.40. The molecule has 0 saturated heterocycles. The van der Waals surface area contributed by atoms with E-state index in [4.69, 9.17) is 0 Å². The minimum absolute atomic E-state index is 0.490. The summed E-state index contributed by atoms with van der Waals surface area (Å²) in [6, 6.07) is 7.03. The molecule has 2 nitrogen and oxygen atoms in total. The van der Waals surface area contributed by atoms with E-state index < -0.39 is 12.7 Å². The molecule has 1 aromatic rings. The molecule has 2 rings (SSSR count). The fraction of sp³-hybridized carbons (Fsp3) is 0. The first-order chi connectivity index (χ1) is 5.20. The number of hydrogen-bond acceptors (Lipinski definition) is 2. The molecule has 3 heteroatoms. The molecule has 0 spiro atoms. The Hall–Kier alpha value is -0.921. The van der Waals surface area contributed by atoms with Crippen molar-refractivity contribution in [2.45, 2.75) is 0 Å². The van der Waals surface area contributed by atoms with E-state index in [1.807, 2.05) is 6.07 Å². The Morgan fingerprint density at radius 3 is 2.55 bits per heavy atom. The van der Waals surface area contributed by atoms with Crippen LogP contribution in [0.25, 0.3) is 6.08 Å². The van der Waals surface area contributed by atoms with Crippen molar-refractivity contribution in [1.29, 1.82) is 0 Å². The monoisotopic (exact) mass is 214 g/mol. The van der Waals surface area contributed by atoms with E-state index in [0.29, 0.717) is 4.46 Å². The molecule has 0 bridgehead atoms. The fourth-order valence-corrected chi connectivity index (χ4v) is 3.64. The molecular weight excluding hydrogens is 207 g/mol. The Balaban J connectivity index is 2.84. The Kier molecular flexibility index (Phi) is 1.25. The molecular formula is C8H6O2Se. The van der Waals surface area contributed by atoms with Gasteiger partial charge in [-0.05, 0) is 0 Å². The van der Waals surface area contributed by atoms with E-state index in [2.05, 4.69) is 0 Å². The Morgan fingerprint density at radius 1 is 1.09 bits per heavy atom. The second-order valence-corrected chi connectivity index (χ2v) is 6.17. The predicted molar refractivity (Wildman–Crippen MR) is 42.2 cm³/mol. The summed E-state index contributed by atoms with van der Waals surface area (Å²) >= 11 is -3.81. The van der Waals surface area contributed by atoms with Crippen LogP contribution in [0.2, 0.25) is 0 Å². The maximum atomic E-state index is 11.2. The summed E-state index contributed by atoms with van der Waals surface area (Å²) in [4.78, 5) is 1.31. The molecule has 11 heavy (non-hydrogen) atoms. The van der Waals surface area contributed by atoms with Crippen LogP contribution >= 0.6 is 0 Å². The predicted octanol–water partition coefficient (Wildman–Crippen LogP) is 0.763. The Bertz CT molecular complexity index is 415. The normalized spacial score (nSPS) is 18.2. The number of fused-ring (bicyclic) bond motifs is 1. The molecule has 1 heterocycles. The summed E-state index contributed by atoms with van der Waals surface area (Å²) in [5, 5.41) is 0. The average Bonchev–Trinajstić information content (AvgIpc) is 2.29. The van der Waals surface area contributed by atoms with Crippen molar-refractivity contribution in [1.82, 2.24) is 0 Å². The van der Waals surface area contributed by atoms with Crippen LogP contribution in [-0.2, 0) is 7.67 Å². The van der Waals surface area contributed by atoms with Crippen molar-refractivity contribution in [2.75, 3.05) is 0 Å². The van der Waals surface area contributed by atoms with Gasteiger partial charge in [0.05, 0.1) is 0 Å². The zero-order chi connectivity index (χ0) is 7.90. The van der Waals surface area contributed by atoms with Crippen LogP contribution in [-0.4, -0.2) is 12.7 Å². The molecule has 0 amide bonds. The molecule has 0 aliphatic carbocycles. The van der Waals surface area contributed by atoms with E-state index in [1.165, 1.54) is 4.97 Å². The van der Waals surface area contributed by atoms with Crippen molar-refractivity contribution < 1.29 is 7.67 Å². The molecule has 1 aliphatic heterocycles. The van der Waals surface area contributed by atoms with Gasteiger partial charge < -0.3 is 0 Å². The van der Waals surface area contributed by atoms with Gasteiger partial charge in [-0.15, -0.1) is 0 Å². The number of hydrogen-bond donors (Lipinski definition) is 0. The molecule has 0 N–H and O–H groups in total. The fourth-order valence-electron chi connectivity index (χ4n) is 1.11. The van der Waals surface area contributed by atoms with Gasteiger partial charge in [0.15, 0.2) is 0 Å². The van der Waals surface area contributed by atoms with E-state index in [1.54, 1.807) is 24.3 Å². The molecule has 0 aromatic heterocycles. The molecule has 1 aromatic carbocycles.